The van der Waals surface area contributed by atoms with Crippen LogP contribution >= 0.6 is 34.4 Å². The van der Waals surface area contributed by atoms with Crippen LogP contribution in [0, 0.1) is 3.57 Å². The number of carbonyl (C=O) groups excluding carboxylic acids is 1. The van der Waals surface area contributed by atoms with Crippen LogP contribution in [0.15, 0.2) is 59.6 Å². The van der Waals surface area contributed by atoms with E-state index in [9.17, 15) is 13.2 Å². The number of hydrogen-bond acceptors (Lipinski definition) is 4. The zero-order valence-electron chi connectivity index (χ0n) is 13.6. The third-order valence-electron chi connectivity index (χ3n) is 4.37. The van der Waals surface area contributed by atoms with Crippen LogP contribution in [0.4, 0.5) is 5.69 Å². The number of thioether (sulfide) groups is 1. The molecular formula is C18H15IN2O3S2. The smallest absolute Gasteiger partial charge is 0.279 e. The number of halogens is 1. The van der Waals surface area contributed by atoms with Crippen molar-refractivity contribution in [2.24, 2.45) is 4.99 Å². The molecule has 2 aromatic carbocycles. The predicted molar refractivity (Wildman–Crippen MR) is 114 cm³/mol. The molecule has 1 amide bonds. The number of amidine groups is 1. The van der Waals surface area contributed by atoms with E-state index in [1.54, 1.807) is 24.3 Å². The van der Waals surface area contributed by atoms with E-state index in [-0.39, 0.29) is 28.7 Å². The monoisotopic (exact) mass is 498 g/mol. The van der Waals surface area contributed by atoms with E-state index in [2.05, 4.69) is 27.6 Å². The normalized spacial score (nSPS) is 25.4. The average molecular weight is 498 g/mol. The Kier molecular flexibility index (Phi) is 4.83. The van der Waals surface area contributed by atoms with Crippen molar-refractivity contribution in [3.63, 3.8) is 0 Å². The zero-order chi connectivity index (χ0) is 18.3. The predicted octanol–water partition coefficient (Wildman–Crippen LogP) is 3.21. The van der Waals surface area contributed by atoms with Gasteiger partial charge in [-0.1, -0.05) is 36.0 Å². The van der Waals surface area contributed by atoms with Gasteiger partial charge in [-0.15, -0.1) is 0 Å². The van der Waals surface area contributed by atoms with Crippen LogP contribution in [0.1, 0.15) is 10.4 Å². The van der Waals surface area contributed by atoms with Gasteiger partial charge in [-0.05, 0) is 52.9 Å². The van der Waals surface area contributed by atoms with Gasteiger partial charge in [0.2, 0.25) is 0 Å². The summed E-state index contributed by atoms with van der Waals surface area (Å²) in [5.74, 6) is -0.0951. The van der Waals surface area contributed by atoms with E-state index in [4.69, 9.17) is 0 Å². The molecule has 0 radical (unpaired) electrons. The lowest BCUT2D eigenvalue weighted by Gasteiger charge is -2.24. The molecule has 2 saturated heterocycles. The Morgan fingerprint density at radius 2 is 1.88 bits per heavy atom. The SMILES string of the molecule is O=C(N=C1SC2CS(=O)(=O)CC2N1c1cccc(I)c1)c1ccccc1. The van der Waals surface area contributed by atoms with Crippen molar-refractivity contribution >= 4 is 61.0 Å². The Labute approximate surface area is 169 Å². The lowest BCUT2D eigenvalue weighted by molar-refractivity contribution is 0.100. The first-order chi connectivity index (χ1) is 12.4. The molecule has 8 heteroatoms. The molecule has 0 saturated carbocycles. The molecule has 2 heterocycles. The van der Waals surface area contributed by atoms with Gasteiger partial charge >= 0.3 is 0 Å². The fourth-order valence-corrected chi connectivity index (χ4v) is 7.66. The van der Waals surface area contributed by atoms with Gasteiger partial charge in [0.25, 0.3) is 5.91 Å². The lowest BCUT2D eigenvalue weighted by Crippen LogP contribution is -2.37. The first kappa shape index (κ1) is 18.0. The molecule has 0 aliphatic carbocycles. The van der Waals surface area contributed by atoms with E-state index in [1.807, 2.05) is 35.2 Å². The summed E-state index contributed by atoms with van der Waals surface area (Å²) in [7, 11) is -3.06. The molecule has 2 aromatic rings. The molecule has 0 aromatic heterocycles. The molecule has 2 atom stereocenters. The number of rotatable bonds is 2. The number of amides is 1. The van der Waals surface area contributed by atoms with Crippen LogP contribution in [0.2, 0.25) is 0 Å². The van der Waals surface area contributed by atoms with Gasteiger partial charge in [0.05, 0.1) is 17.5 Å². The largest absolute Gasteiger partial charge is 0.316 e. The topological polar surface area (TPSA) is 66.8 Å². The first-order valence-electron chi connectivity index (χ1n) is 8.03. The van der Waals surface area contributed by atoms with Gasteiger partial charge in [-0.2, -0.15) is 4.99 Å². The Morgan fingerprint density at radius 3 is 2.62 bits per heavy atom. The number of benzene rings is 2. The van der Waals surface area contributed by atoms with E-state index in [1.165, 1.54) is 11.8 Å². The quantitative estimate of drug-likeness (QED) is 0.596. The summed E-state index contributed by atoms with van der Waals surface area (Å²) in [4.78, 5) is 18.8. The zero-order valence-corrected chi connectivity index (χ0v) is 17.4. The number of aliphatic imine (C=N–C) groups is 1. The number of carbonyl (C=O) groups is 1. The van der Waals surface area contributed by atoms with Gasteiger partial charge in [-0.25, -0.2) is 8.42 Å². The van der Waals surface area contributed by atoms with Crippen molar-refractivity contribution in [1.29, 1.82) is 0 Å². The molecule has 2 aliphatic rings. The van der Waals surface area contributed by atoms with E-state index >= 15 is 0 Å². The minimum Gasteiger partial charge on any atom is -0.316 e. The molecule has 4 rings (SSSR count). The number of fused-ring (bicyclic) bond motifs is 1. The highest BCUT2D eigenvalue weighted by Gasteiger charge is 2.49. The van der Waals surface area contributed by atoms with E-state index in [0.29, 0.717) is 10.7 Å². The molecule has 0 spiro atoms. The Balaban J connectivity index is 1.74. The molecule has 0 bridgehead atoms. The second-order valence-corrected chi connectivity index (χ2v) is 10.8. The Hall–Kier alpha value is -1.39. The molecule has 134 valence electrons. The van der Waals surface area contributed by atoms with Crippen LogP contribution in [-0.4, -0.2) is 42.3 Å². The van der Waals surface area contributed by atoms with Crippen molar-refractivity contribution in [2.75, 3.05) is 16.4 Å². The van der Waals surface area contributed by atoms with Gasteiger partial charge < -0.3 is 4.90 Å². The highest BCUT2D eigenvalue weighted by molar-refractivity contribution is 14.1. The van der Waals surface area contributed by atoms with Crippen LogP contribution in [0.5, 0.6) is 0 Å². The van der Waals surface area contributed by atoms with Crippen LogP contribution in [0.25, 0.3) is 0 Å². The maximum Gasteiger partial charge on any atom is 0.279 e. The van der Waals surface area contributed by atoms with Gasteiger partial charge in [-0.3, -0.25) is 4.79 Å². The van der Waals surface area contributed by atoms with Crippen molar-refractivity contribution in [3.8, 4) is 0 Å². The maximum absolute atomic E-state index is 12.5. The minimum atomic E-state index is -3.06. The van der Waals surface area contributed by atoms with Gasteiger partial charge in [0.1, 0.15) is 0 Å². The summed E-state index contributed by atoms with van der Waals surface area (Å²) in [6.07, 6.45) is 0. The highest BCUT2D eigenvalue weighted by Crippen LogP contribution is 2.41. The average Bonchev–Trinajstić information content (AvgIpc) is 3.06. The van der Waals surface area contributed by atoms with Gasteiger partial charge in [0, 0.05) is 20.1 Å². The van der Waals surface area contributed by atoms with Crippen molar-refractivity contribution < 1.29 is 13.2 Å². The Bertz CT molecular complexity index is 993. The summed E-state index contributed by atoms with van der Waals surface area (Å²) < 4.78 is 25.2. The molecule has 2 unspecified atom stereocenters. The van der Waals surface area contributed by atoms with Crippen LogP contribution in [0.3, 0.4) is 0 Å². The fourth-order valence-electron chi connectivity index (χ4n) is 3.22. The second kappa shape index (κ2) is 6.97. The van der Waals surface area contributed by atoms with Crippen LogP contribution < -0.4 is 4.90 Å². The fraction of sp³-hybridized carbons (Fsp3) is 0.222. The van der Waals surface area contributed by atoms with Crippen molar-refractivity contribution in [2.45, 2.75) is 11.3 Å². The minimum absolute atomic E-state index is 0.0920. The molecular weight excluding hydrogens is 483 g/mol. The third kappa shape index (κ3) is 3.54. The van der Waals surface area contributed by atoms with Crippen molar-refractivity contribution in [3.05, 3.63) is 63.7 Å². The Morgan fingerprint density at radius 1 is 1.12 bits per heavy atom. The second-order valence-electron chi connectivity index (χ2n) is 6.22. The maximum atomic E-state index is 12.5. The summed E-state index contributed by atoms with van der Waals surface area (Å²) in [6.45, 7) is 0. The number of anilines is 1. The third-order valence-corrected chi connectivity index (χ3v) is 8.25. The molecule has 0 N–H and O–H groups in total. The number of sulfone groups is 1. The molecule has 5 nitrogen and oxygen atoms in total. The highest BCUT2D eigenvalue weighted by atomic mass is 127. The molecule has 2 aliphatic heterocycles. The first-order valence-corrected chi connectivity index (χ1v) is 11.8. The van der Waals surface area contributed by atoms with Crippen molar-refractivity contribution in [1.82, 2.24) is 0 Å². The summed E-state index contributed by atoms with van der Waals surface area (Å²) in [5, 5.41) is 0.478. The molecule has 26 heavy (non-hydrogen) atoms. The molecule has 2 fully saturated rings. The standard InChI is InChI=1S/C18H15IN2O3S2/c19-13-7-4-8-14(9-13)21-15-10-26(23,24)11-16(15)25-18(21)20-17(22)12-5-2-1-3-6-12/h1-9,15-16H,10-11H2. The lowest BCUT2D eigenvalue weighted by atomic mass is 10.2. The summed E-state index contributed by atoms with van der Waals surface area (Å²) in [5.41, 5.74) is 1.39. The number of hydrogen-bond donors (Lipinski definition) is 0. The summed E-state index contributed by atoms with van der Waals surface area (Å²) in [6, 6.07) is 16.5. The summed E-state index contributed by atoms with van der Waals surface area (Å²) >= 11 is 3.61. The van der Waals surface area contributed by atoms with Crippen LogP contribution in [-0.2, 0) is 9.84 Å². The van der Waals surface area contributed by atoms with E-state index < -0.39 is 9.84 Å². The number of nitrogens with zero attached hydrogens (tertiary/aromatic N) is 2. The van der Waals surface area contributed by atoms with Gasteiger partial charge in [0.15, 0.2) is 15.0 Å². The van der Waals surface area contributed by atoms with E-state index in [0.717, 1.165) is 9.26 Å².